The van der Waals surface area contributed by atoms with Crippen molar-refractivity contribution in [3.63, 3.8) is 0 Å². The average molecular weight is 503 g/mol. The van der Waals surface area contributed by atoms with Crippen molar-refractivity contribution in [3.05, 3.63) is 88.1 Å². The second-order valence-electron chi connectivity index (χ2n) is 9.97. The van der Waals surface area contributed by atoms with Gasteiger partial charge in [0.1, 0.15) is 17.5 Å². The van der Waals surface area contributed by atoms with E-state index in [2.05, 4.69) is 30.9 Å². The molecule has 0 unspecified atom stereocenters. The number of unbranched alkanes of at least 4 members (excludes halogenated alkanes) is 2. The molecule has 2 aromatic carbocycles. The van der Waals surface area contributed by atoms with Gasteiger partial charge in [-0.2, -0.15) is 0 Å². The van der Waals surface area contributed by atoms with Crippen molar-refractivity contribution in [2.24, 2.45) is 0 Å². The molecule has 2 heterocycles. The van der Waals surface area contributed by atoms with Crippen molar-refractivity contribution in [1.82, 2.24) is 14.9 Å². The first kappa shape index (κ1) is 26.8. The molecule has 0 radical (unpaired) electrons. The van der Waals surface area contributed by atoms with E-state index in [1.807, 2.05) is 30.0 Å². The number of aromatic nitrogens is 2. The van der Waals surface area contributed by atoms with Crippen LogP contribution in [0.5, 0.6) is 0 Å². The molecule has 1 saturated heterocycles. The fraction of sp³-hybridized carbons (Fsp3) is 0.452. The van der Waals surface area contributed by atoms with E-state index in [0.717, 1.165) is 66.4 Å². The first-order valence-electron chi connectivity index (χ1n) is 13.7. The normalized spacial score (nSPS) is 14.1. The Morgan fingerprint density at radius 3 is 2.49 bits per heavy atom. The molecule has 1 fully saturated rings. The lowest BCUT2D eigenvalue weighted by atomic mass is 10.0. The Morgan fingerprint density at radius 1 is 0.946 bits per heavy atom. The molecule has 3 aromatic rings. The van der Waals surface area contributed by atoms with Gasteiger partial charge in [0.15, 0.2) is 0 Å². The molecule has 1 aliphatic rings. The van der Waals surface area contributed by atoms with Gasteiger partial charge in [0.2, 0.25) is 0 Å². The standard InChI is InChI=1S/C31H39FN4O/c1-4-6-7-10-24-13-15-26(16-14-24)31(37)36-18-9-17-35(19-20-36)30-28(29(5-2)33-23(3)34-30)22-25-11-8-12-27(32)21-25/h8,11-16,21H,4-7,9-10,17-20,22H2,1-3H3. The van der Waals surface area contributed by atoms with Crippen LogP contribution in [0.15, 0.2) is 48.5 Å². The van der Waals surface area contributed by atoms with Crippen molar-refractivity contribution >= 4 is 11.7 Å². The van der Waals surface area contributed by atoms with Crippen LogP contribution in [0.1, 0.15) is 78.1 Å². The molecule has 1 amide bonds. The van der Waals surface area contributed by atoms with Crippen LogP contribution in [0.25, 0.3) is 0 Å². The predicted octanol–water partition coefficient (Wildman–Crippen LogP) is 6.16. The minimum atomic E-state index is -0.233. The number of halogens is 1. The number of anilines is 1. The average Bonchev–Trinajstić information content (AvgIpc) is 3.16. The van der Waals surface area contributed by atoms with E-state index < -0.39 is 0 Å². The quantitative estimate of drug-likeness (QED) is 0.329. The summed E-state index contributed by atoms with van der Waals surface area (Å²) in [5.74, 6) is 1.52. The van der Waals surface area contributed by atoms with E-state index in [4.69, 9.17) is 9.97 Å². The van der Waals surface area contributed by atoms with Crippen LogP contribution in [0.4, 0.5) is 10.2 Å². The number of rotatable bonds is 9. The van der Waals surface area contributed by atoms with Crippen molar-refractivity contribution in [2.45, 2.75) is 65.7 Å². The molecular formula is C31H39FN4O. The molecule has 1 aromatic heterocycles. The largest absolute Gasteiger partial charge is 0.354 e. The summed E-state index contributed by atoms with van der Waals surface area (Å²) in [4.78, 5) is 27.1. The zero-order valence-corrected chi connectivity index (χ0v) is 22.5. The van der Waals surface area contributed by atoms with Crippen LogP contribution in [0.3, 0.4) is 0 Å². The number of carbonyl (C=O) groups excluding carboxylic acids is 1. The Kier molecular flexibility index (Phi) is 9.26. The number of amides is 1. The first-order valence-corrected chi connectivity index (χ1v) is 13.7. The van der Waals surface area contributed by atoms with Gasteiger partial charge in [0.25, 0.3) is 5.91 Å². The lowest BCUT2D eigenvalue weighted by Crippen LogP contribution is -2.35. The molecule has 0 saturated carbocycles. The maximum absolute atomic E-state index is 13.9. The van der Waals surface area contributed by atoms with Crippen LogP contribution in [-0.4, -0.2) is 47.0 Å². The third-order valence-corrected chi connectivity index (χ3v) is 7.14. The minimum absolute atomic E-state index is 0.0926. The second kappa shape index (κ2) is 12.8. The van der Waals surface area contributed by atoms with Gasteiger partial charge >= 0.3 is 0 Å². The summed E-state index contributed by atoms with van der Waals surface area (Å²) in [6.45, 7) is 9.11. The summed E-state index contributed by atoms with van der Waals surface area (Å²) in [6.07, 6.45) is 6.94. The van der Waals surface area contributed by atoms with Gasteiger partial charge in [0.05, 0.1) is 0 Å². The van der Waals surface area contributed by atoms with Crippen LogP contribution < -0.4 is 4.90 Å². The van der Waals surface area contributed by atoms with Crippen LogP contribution in [0, 0.1) is 12.7 Å². The fourth-order valence-electron chi connectivity index (χ4n) is 5.13. The number of nitrogens with zero attached hydrogens (tertiary/aromatic N) is 4. The van der Waals surface area contributed by atoms with E-state index in [0.29, 0.717) is 19.5 Å². The molecule has 4 rings (SSSR count). The Bertz CT molecular complexity index is 1190. The summed E-state index contributed by atoms with van der Waals surface area (Å²) in [5.41, 5.74) is 5.02. The summed E-state index contributed by atoms with van der Waals surface area (Å²) >= 11 is 0. The zero-order valence-electron chi connectivity index (χ0n) is 22.5. The summed E-state index contributed by atoms with van der Waals surface area (Å²) in [5, 5.41) is 0. The highest BCUT2D eigenvalue weighted by Gasteiger charge is 2.24. The predicted molar refractivity (Wildman–Crippen MR) is 148 cm³/mol. The van der Waals surface area contributed by atoms with Gasteiger partial charge in [-0.25, -0.2) is 14.4 Å². The van der Waals surface area contributed by atoms with Gasteiger partial charge in [0, 0.05) is 49.4 Å². The molecule has 0 bridgehead atoms. The number of hydrogen-bond acceptors (Lipinski definition) is 4. The van der Waals surface area contributed by atoms with E-state index in [9.17, 15) is 9.18 Å². The molecule has 6 heteroatoms. The van der Waals surface area contributed by atoms with Gasteiger partial charge in [-0.3, -0.25) is 4.79 Å². The zero-order chi connectivity index (χ0) is 26.2. The minimum Gasteiger partial charge on any atom is -0.354 e. The molecular weight excluding hydrogens is 463 g/mol. The van der Waals surface area contributed by atoms with E-state index in [1.54, 1.807) is 12.1 Å². The van der Waals surface area contributed by atoms with Crippen molar-refractivity contribution in [3.8, 4) is 0 Å². The smallest absolute Gasteiger partial charge is 0.253 e. The SMILES string of the molecule is CCCCCc1ccc(C(=O)N2CCCN(c3nc(C)nc(CC)c3Cc3cccc(F)c3)CC2)cc1. The molecule has 5 nitrogen and oxygen atoms in total. The fourth-order valence-corrected chi connectivity index (χ4v) is 5.13. The highest BCUT2D eigenvalue weighted by Crippen LogP contribution is 2.26. The maximum atomic E-state index is 13.9. The van der Waals surface area contributed by atoms with Gasteiger partial charge in [-0.1, -0.05) is 51.0 Å². The summed E-state index contributed by atoms with van der Waals surface area (Å²) in [7, 11) is 0. The van der Waals surface area contributed by atoms with Crippen LogP contribution in [-0.2, 0) is 19.3 Å². The van der Waals surface area contributed by atoms with Crippen LogP contribution in [0.2, 0.25) is 0 Å². The van der Waals surface area contributed by atoms with Gasteiger partial charge in [-0.05, 0) is 68.0 Å². The summed E-state index contributed by atoms with van der Waals surface area (Å²) < 4.78 is 13.9. The molecule has 37 heavy (non-hydrogen) atoms. The third-order valence-electron chi connectivity index (χ3n) is 7.14. The summed E-state index contributed by atoms with van der Waals surface area (Å²) in [6, 6.07) is 14.9. The Balaban J connectivity index is 1.49. The van der Waals surface area contributed by atoms with Crippen LogP contribution >= 0.6 is 0 Å². The van der Waals surface area contributed by atoms with Gasteiger partial charge < -0.3 is 9.80 Å². The maximum Gasteiger partial charge on any atom is 0.253 e. The topological polar surface area (TPSA) is 49.3 Å². The molecule has 1 aliphatic heterocycles. The monoisotopic (exact) mass is 502 g/mol. The van der Waals surface area contributed by atoms with E-state index in [-0.39, 0.29) is 11.7 Å². The number of carbonyl (C=O) groups is 1. The Labute approximate surface area is 220 Å². The highest BCUT2D eigenvalue weighted by atomic mass is 19.1. The highest BCUT2D eigenvalue weighted by molar-refractivity contribution is 5.94. The molecule has 196 valence electrons. The van der Waals surface area contributed by atoms with Gasteiger partial charge in [-0.15, -0.1) is 0 Å². The Morgan fingerprint density at radius 2 is 1.76 bits per heavy atom. The van der Waals surface area contributed by atoms with Crippen molar-refractivity contribution in [1.29, 1.82) is 0 Å². The lowest BCUT2D eigenvalue weighted by molar-refractivity contribution is 0.0767. The van der Waals surface area contributed by atoms with E-state index in [1.165, 1.54) is 30.9 Å². The lowest BCUT2D eigenvalue weighted by Gasteiger charge is -2.26. The van der Waals surface area contributed by atoms with E-state index >= 15 is 0 Å². The third kappa shape index (κ3) is 6.94. The van der Waals surface area contributed by atoms with Crippen molar-refractivity contribution in [2.75, 3.05) is 31.1 Å². The number of benzene rings is 2. The van der Waals surface area contributed by atoms with Crippen molar-refractivity contribution < 1.29 is 9.18 Å². The molecule has 0 aliphatic carbocycles. The number of aryl methyl sites for hydroxylation is 3. The molecule has 0 N–H and O–H groups in total. The second-order valence-corrected chi connectivity index (χ2v) is 9.97. The Hall–Kier alpha value is -3.28. The number of hydrogen-bond donors (Lipinski definition) is 0. The first-order chi connectivity index (χ1) is 18.0. The molecule has 0 atom stereocenters. The molecule has 0 spiro atoms.